The van der Waals surface area contributed by atoms with Gasteiger partial charge in [0.05, 0.1) is 27.4 Å². The van der Waals surface area contributed by atoms with Gasteiger partial charge in [0.15, 0.2) is 11.5 Å². The minimum atomic E-state index is -0.343. The second-order valence-electron chi connectivity index (χ2n) is 6.57. The molecule has 29 heavy (non-hydrogen) atoms. The molecule has 1 N–H and O–H groups in total. The van der Waals surface area contributed by atoms with Crippen LogP contribution in [0.2, 0.25) is 0 Å². The summed E-state index contributed by atoms with van der Waals surface area (Å²) in [6, 6.07) is 3.15. The molecule has 1 unspecified atom stereocenters. The topological polar surface area (TPSA) is 89.6 Å². The summed E-state index contributed by atoms with van der Waals surface area (Å²) in [4.78, 5) is 28.4. The van der Waals surface area contributed by atoms with Crippen LogP contribution in [-0.2, 0) is 4.74 Å². The van der Waals surface area contributed by atoms with Gasteiger partial charge < -0.3 is 34.1 Å². The molecule has 0 radical (unpaired) electrons. The number of carbonyl (C=O) groups is 2. The van der Waals surface area contributed by atoms with E-state index in [2.05, 4.69) is 5.32 Å². The first-order valence-corrected chi connectivity index (χ1v) is 9.73. The third kappa shape index (κ3) is 5.44. The number of methoxy groups -OCH3 is 3. The molecule has 1 aliphatic rings. The van der Waals surface area contributed by atoms with Crippen LogP contribution in [-0.4, -0.2) is 88.5 Å². The number of hydrogen-bond donors (Lipinski definition) is 1. The molecule has 9 nitrogen and oxygen atoms in total. The minimum Gasteiger partial charge on any atom is -0.493 e. The lowest BCUT2D eigenvalue weighted by Gasteiger charge is -2.34. The highest BCUT2D eigenvalue weighted by Gasteiger charge is 2.27. The fourth-order valence-corrected chi connectivity index (χ4v) is 3.25. The Hall–Kier alpha value is -2.68. The molecular formula is C20H31N3O6. The molecule has 9 heteroatoms. The van der Waals surface area contributed by atoms with Crippen molar-refractivity contribution < 1.29 is 28.5 Å². The molecule has 0 spiro atoms. The molecule has 1 heterocycles. The van der Waals surface area contributed by atoms with E-state index in [1.54, 1.807) is 21.9 Å². The zero-order chi connectivity index (χ0) is 21.4. The molecule has 0 saturated carbocycles. The molecule has 1 saturated heterocycles. The predicted octanol–water partition coefficient (Wildman–Crippen LogP) is 1.60. The van der Waals surface area contributed by atoms with Crippen LogP contribution in [0.25, 0.3) is 0 Å². The van der Waals surface area contributed by atoms with Crippen LogP contribution >= 0.6 is 0 Å². The Morgan fingerprint density at radius 2 is 1.72 bits per heavy atom. The number of rotatable bonds is 8. The average Bonchev–Trinajstić information content (AvgIpc) is 2.77. The Kier molecular flexibility index (Phi) is 8.38. The van der Waals surface area contributed by atoms with E-state index in [1.165, 1.54) is 21.3 Å². The first kappa shape index (κ1) is 22.6. The van der Waals surface area contributed by atoms with Gasteiger partial charge in [-0.15, -0.1) is 0 Å². The van der Waals surface area contributed by atoms with Gasteiger partial charge in [-0.05, 0) is 26.0 Å². The van der Waals surface area contributed by atoms with Crippen molar-refractivity contribution in [1.82, 2.24) is 15.1 Å². The van der Waals surface area contributed by atoms with Crippen LogP contribution in [0, 0.1) is 0 Å². The third-order valence-electron chi connectivity index (χ3n) is 4.88. The molecule has 1 fully saturated rings. The summed E-state index contributed by atoms with van der Waals surface area (Å²) in [5.74, 6) is 1.14. The van der Waals surface area contributed by atoms with E-state index in [9.17, 15) is 9.59 Å². The van der Waals surface area contributed by atoms with Crippen molar-refractivity contribution >= 4 is 12.0 Å². The largest absolute Gasteiger partial charge is 0.493 e. The van der Waals surface area contributed by atoms with Crippen molar-refractivity contribution in [3.05, 3.63) is 17.7 Å². The lowest BCUT2D eigenvalue weighted by Crippen LogP contribution is -2.54. The summed E-state index contributed by atoms with van der Waals surface area (Å²) < 4.78 is 21.4. The monoisotopic (exact) mass is 409 g/mol. The van der Waals surface area contributed by atoms with E-state index in [-0.39, 0.29) is 24.6 Å². The highest BCUT2D eigenvalue weighted by molar-refractivity contribution is 5.95. The average molecular weight is 409 g/mol. The quantitative estimate of drug-likeness (QED) is 0.698. The van der Waals surface area contributed by atoms with Crippen molar-refractivity contribution in [1.29, 1.82) is 0 Å². The minimum absolute atomic E-state index is 0.130. The number of nitrogens with one attached hydrogen (secondary N) is 1. The molecule has 2 rings (SSSR count). The van der Waals surface area contributed by atoms with Crippen LogP contribution < -0.4 is 19.5 Å². The molecule has 0 aliphatic carbocycles. The molecule has 2 amide bonds. The fourth-order valence-electron chi connectivity index (χ4n) is 3.25. The summed E-state index contributed by atoms with van der Waals surface area (Å²) in [7, 11) is 4.54. The molecule has 1 aromatic rings. The van der Waals surface area contributed by atoms with Crippen molar-refractivity contribution in [3.8, 4) is 17.2 Å². The highest BCUT2D eigenvalue weighted by Crippen LogP contribution is 2.38. The Labute approximate surface area is 171 Å². The standard InChI is InChI=1S/C20H31N3O6/c1-6-22(7-2)20(25)29-13-15-12-23(9-8-21-15)19(24)14-10-16(26-3)18(28-5)17(11-14)27-4/h10-11,15,21H,6-9,12-13H2,1-5H3. The summed E-state index contributed by atoms with van der Waals surface area (Å²) in [5, 5.41) is 3.29. The van der Waals surface area contributed by atoms with Crippen LogP contribution in [0.15, 0.2) is 12.1 Å². The fraction of sp³-hybridized carbons (Fsp3) is 0.600. The van der Waals surface area contributed by atoms with Crippen molar-refractivity contribution in [2.24, 2.45) is 0 Å². The Morgan fingerprint density at radius 3 is 2.24 bits per heavy atom. The van der Waals surface area contributed by atoms with Crippen molar-refractivity contribution in [3.63, 3.8) is 0 Å². The molecular weight excluding hydrogens is 378 g/mol. The molecule has 0 aromatic heterocycles. The van der Waals surface area contributed by atoms with Gasteiger partial charge in [-0.3, -0.25) is 4.79 Å². The Balaban J connectivity index is 2.07. The van der Waals surface area contributed by atoms with Crippen molar-refractivity contribution in [2.75, 3.05) is 60.7 Å². The van der Waals surface area contributed by atoms with Gasteiger partial charge in [-0.1, -0.05) is 0 Å². The third-order valence-corrected chi connectivity index (χ3v) is 4.88. The second kappa shape index (κ2) is 10.8. The number of benzene rings is 1. The molecule has 1 aliphatic heterocycles. The Bertz CT molecular complexity index is 682. The summed E-state index contributed by atoms with van der Waals surface area (Å²) in [6.07, 6.45) is -0.343. The second-order valence-corrected chi connectivity index (χ2v) is 6.57. The van der Waals surface area contributed by atoms with E-state index in [1.807, 2.05) is 13.8 Å². The van der Waals surface area contributed by atoms with Crippen molar-refractivity contribution in [2.45, 2.75) is 19.9 Å². The molecule has 162 valence electrons. The summed E-state index contributed by atoms with van der Waals surface area (Å²) >= 11 is 0. The predicted molar refractivity (Wildman–Crippen MR) is 108 cm³/mol. The van der Waals surface area contributed by atoms with Crippen LogP contribution in [0.3, 0.4) is 0 Å². The van der Waals surface area contributed by atoms with Crippen LogP contribution in [0.5, 0.6) is 17.2 Å². The molecule has 1 atom stereocenters. The Morgan fingerprint density at radius 1 is 1.10 bits per heavy atom. The maximum Gasteiger partial charge on any atom is 0.409 e. The first-order valence-electron chi connectivity index (χ1n) is 9.73. The normalized spacial score (nSPS) is 16.2. The van der Waals surface area contributed by atoms with Gasteiger partial charge in [-0.2, -0.15) is 0 Å². The van der Waals surface area contributed by atoms with Gasteiger partial charge in [0, 0.05) is 38.3 Å². The van der Waals surface area contributed by atoms with Gasteiger partial charge in [0.2, 0.25) is 5.75 Å². The lowest BCUT2D eigenvalue weighted by molar-refractivity contribution is 0.0610. The maximum atomic E-state index is 13.1. The number of piperazine rings is 1. The van der Waals surface area contributed by atoms with E-state index in [0.29, 0.717) is 55.5 Å². The number of ether oxygens (including phenoxy) is 4. The zero-order valence-corrected chi connectivity index (χ0v) is 17.8. The number of carbonyl (C=O) groups excluding carboxylic acids is 2. The maximum absolute atomic E-state index is 13.1. The van der Waals surface area contributed by atoms with Gasteiger partial charge in [0.25, 0.3) is 5.91 Å². The number of nitrogens with zero attached hydrogens (tertiary/aromatic N) is 2. The smallest absolute Gasteiger partial charge is 0.409 e. The first-order chi connectivity index (χ1) is 14.0. The van der Waals surface area contributed by atoms with Gasteiger partial charge in [0.1, 0.15) is 6.61 Å². The van der Waals surface area contributed by atoms with E-state index >= 15 is 0 Å². The summed E-state index contributed by atoms with van der Waals surface area (Å²) in [5.41, 5.74) is 0.445. The highest BCUT2D eigenvalue weighted by atomic mass is 16.6. The zero-order valence-electron chi connectivity index (χ0n) is 17.8. The van der Waals surface area contributed by atoms with Gasteiger partial charge >= 0.3 is 6.09 Å². The van der Waals surface area contributed by atoms with Gasteiger partial charge in [-0.25, -0.2) is 4.79 Å². The number of amides is 2. The van der Waals surface area contributed by atoms with E-state index in [0.717, 1.165) is 0 Å². The van der Waals surface area contributed by atoms with Crippen LogP contribution in [0.4, 0.5) is 4.79 Å². The molecule has 0 bridgehead atoms. The van der Waals surface area contributed by atoms with E-state index in [4.69, 9.17) is 18.9 Å². The summed E-state index contributed by atoms with van der Waals surface area (Å²) in [6.45, 7) is 6.80. The molecule has 1 aromatic carbocycles. The van der Waals surface area contributed by atoms with E-state index < -0.39 is 0 Å². The van der Waals surface area contributed by atoms with Crippen LogP contribution in [0.1, 0.15) is 24.2 Å². The lowest BCUT2D eigenvalue weighted by atomic mass is 10.1. The number of hydrogen-bond acceptors (Lipinski definition) is 7. The SMILES string of the molecule is CCN(CC)C(=O)OCC1CN(C(=O)c2cc(OC)c(OC)c(OC)c2)CCN1.